The predicted molar refractivity (Wildman–Crippen MR) is 107 cm³/mol. The first kappa shape index (κ1) is 19.8. The van der Waals surface area contributed by atoms with Gasteiger partial charge in [-0.05, 0) is 30.2 Å². The summed E-state index contributed by atoms with van der Waals surface area (Å²) in [6.07, 6.45) is 5.89. The van der Waals surface area contributed by atoms with Crippen molar-refractivity contribution in [2.24, 2.45) is 10.7 Å². The van der Waals surface area contributed by atoms with Crippen molar-refractivity contribution >= 4 is 41.5 Å². The first-order valence-electron chi connectivity index (χ1n) is 7.49. The van der Waals surface area contributed by atoms with Crippen molar-refractivity contribution in [2.45, 2.75) is 25.8 Å². The highest BCUT2D eigenvalue weighted by Gasteiger charge is 2.13. The lowest BCUT2D eigenvalue weighted by Gasteiger charge is -2.16. The predicted octanol–water partition coefficient (Wildman–Crippen LogP) is 3.45. The van der Waals surface area contributed by atoms with E-state index in [0.29, 0.717) is 17.5 Å². The van der Waals surface area contributed by atoms with Gasteiger partial charge in [-0.25, -0.2) is 0 Å². The number of guanidine groups is 1. The van der Waals surface area contributed by atoms with Crippen LogP contribution in [0.5, 0.6) is 0 Å². The average molecular weight is 448 g/mol. The fraction of sp³-hybridized carbons (Fsp3) is 0.375. The number of hydrogen-bond acceptors (Lipinski definition) is 2. The number of nitrogens with two attached hydrogens (primary N) is 1. The number of aromatic nitrogens is 2. The molecule has 0 aliphatic rings. The summed E-state index contributed by atoms with van der Waals surface area (Å²) < 4.78 is 1.88. The summed E-state index contributed by atoms with van der Waals surface area (Å²) in [6.45, 7) is 3.51. The van der Waals surface area contributed by atoms with E-state index in [4.69, 9.17) is 17.3 Å². The Bertz CT molecular complexity index is 583. The minimum absolute atomic E-state index is 0. The maximum atomic E-state index is 5.96. The Morgan fingerprint density at radius 2 is 2.13 bits per heavy atom. The van der Waals surface area contributed by atoms with Crippen LogP contribution in [-0.4, -0.2) is 28.8 Å². The molecule has 0 saturated heterocycles. The van der Waals surface area contributed by atoms with E-state index >= 15 is 0 Å². The number of unbranched alkanes of at least 4 members (excludes halogenated alkanes) is 1. The van der Waals surface area contributed by atoms with Crippen molar-refractivity contribution < 1.29 is 0 Å². The molecule has 1 unspecified atom stereocenters. The molecule has 7 heteroatoms. The van der Waals surface area contributed by atoms with Crippen LogP contribution in [0.15, 0.2) is 47.7 Å². The fourth-order valence-electron chi connectivity index (χ4n) is 2.13. The van der Waals surface area contributed by atoms with Gasteiger partial charge in [-0.3, -0.25) is 9.67 Å². The lowest BCUT2D eigenvalue weighted by Crippen LogP contribution is -2.33. The van der Waals surface area contributed by atoms with Crippen molar-refractivity contribution in [1.29, 1.82) is 0 Å². The molecule has 2 aromatic rings. The molecule has 2 rings (SSSR count). The Hall–Kier alpha value is -1.28. The quantitative estimate of drug-likeness (QED) is 0.296. The number of benzene rings is 1. The highest BCUT2D eigenvalue weighted by molar-refractivity contribution is 14.0. The van der Waals surface area contributed by atoms with Gasteiger partial charge >= 0.3 is 0 Å². The monoisotopic (exact) mass is 447 g/mol. The van der Waals surface area contributed by atoms with Gasteiger partial charge < -0.3 is 11.1 Å². The lowest BCUT2D eigenvalue weighted by atomic mass is 10.1. The third-order valence-electron chi connectivity index (χ3n) is 3.37. The van der Waals surface area contributed by atoms with Gasteiger partial charge in [0.25, 0.3) is 0 Å². The maximum Gasteiger partial charge on any atom is 0.188 e. The smallest absolute Gasteiger partial charge is 0.188 e. The van der Waals surface area contributed by atoms with E-state index in [9.17, 15) is 0 Å². The summed E-state index contributed by atoms with van der Waals surface area (Å²) in [5.41, 5.74) is 7.00. The molecule has 0 radical (unpaired) electrons. The van der Waals surface area contributed by atoms with E-state index in [1.54, 1.807) is 6.20 Å². The summed E-state index contributed by atoms with van der Waals surface area (Å²) in [5, 5.41) is 8.16. The Morgan fingerprint density at radius 3 is 2.74 bits per heavy atom. The zero-order valence-electron chi connectivity index (χ0n) is 13.2. The number of halogens is 2. The summed E-state index contributed by atoms with van der Waals surface area (Å²) >= 11 is 5.96. The van der Waals surface area contributed by atoms with Crippen LogP contribution in [0, 0.1) is 0 Å². The third-order valence-corrected chi connectivity index (χ3v) is 3.62. The molecule has 23 heavy (non-hydrogen) atoms. The molecule has 0 bridgehead atoms. The van der Waals surface area contributed by atoms with Crippen LogP contribution in [0.25, 0.3) is 0 Å². The molecule has 1 aromatic carbocycles. The topological polar surface area (TPSA) is 68.2 Å². The van der Waals surface area contributed by atoms with E-state index in [0.717, 1.165) is 24.9 Å². The number of hydrogen-bond donors (Lipinski definition) is 2. The molecule has 0 spiro atoms. The third kappa shape index (κ3) is 6.39. The first-order valence-corrected chi connectivity index (χ1v) is 7.87. The van der Waals surface area contributed by atoms with Gasteiger partial charge in [-0.2, -0.15) is 5.10 Å². The van der Waals surface area contributed by atoms with Crippen molar-refractivity contribution in [3.8, 4) is 0 Å². The number of nitrogens with zero attached hydrogens (tertiary/aromatic N) is 3. The second-order valence-electron chi connectivity index (χ2n) is 5.06. The molecule has 126 valence electrons. The van der Waals surface area contributed by atoms with Crippen LogP contribution in [0.3, 0.4) is 0 Å². The van der Waals surface area contributed by atoms with Gasteiger partial charge in [0.05, 0.1) is 12.6 Å². The van der Waals surface area contributed by atoms with Crippen LogP contribution in [0.4, 0.5) is 0 Å². The van der Waals surface area contributed by atoms with Crippen LogP contribution in [0.2, 0.25) is 5.02 Å². The van der Waals surface area contributed by atoms with Gasteiger partial charge in [0.15, 0.2) is 5.96 Å². The summed E-state index contributed by atoms with van der Waals surface area (Å²) in [6, 6.07) is 9.63. The molecular weight excluding hydrogens is 425 g/mol. The number of rotatable bonds is 7. The molecule has 0 aliphatic carbocycles. The largest absolute Gasteiger partial charge is 0.370 e. The van der Waals surface area contributed by atoms with E-state index in [2.05, 4.69) is 22.3 Å². The second-order valence-corrected chi connectivity index (χ2v) is 5.50. The Balaban J connectivity index is 0.00000264. The maximum absolute atomic E-state index is 5.96. The highest BCUT2D eigenvalue weighted by Crippen LogP contribution is 2.20. The standard InChI is InChI=1S/C16H22ClN5.HI/c1-2-3-9-19-16(18)20-12-15(22-11-4-10-21-22)13-5-7-14(17)8-6-13;/h4-8,10-11,15H,2-3,9,12H2,1H3,(H3,18,19,20);1H. The molecule has 5 nitrogen and oxygen atoms in total. The molecule has 1 aromatic heterocycles. The van der Waals surface area contributed by atoms with Crippen LogP contribution in [-0.2, 0) is 0 Å². The van der Waals surface area contributed by atoms with Crippen LogP contribution < -0.4 is 11.1 Å². The van der Waals surface area contributed by atoms with Crippen LogP contribution >= 0.6 is 35.6 Å². The minimum Gasteiger partial charge on any atom is -0.370 e. The molecule has 1 heterocycles. The first-order chi connectivity index (χ1) is 10.7. The average Bonchev–Trinajstić information content (AvgIpc) is 3.04. The highest BCUT2D eigenvalue weighted by atomic mass is 127. The van der Waals surface area contributed by atoms with Crippen molar-refractivity contribution in [2.75, 3.05) is 13.1 Å². The van der Waals surface area contributed by atoms with E-state index in [1.165, 1.54) is 0 Å². The van der Waals surface area contributed by atoms with Gasteiger partial charge in [0.1, 0.15) is 0 Å². The summed E-state index contributed by atoms with van der Waals surface area (Å²) in [5.74, 6) is 0.472. The molecule has 0 saturated carbocycles. The fourth-order valence-corrected chi connectivity index (χ4v) is 2.25. The summed E-state index contributed by atoms with van der Waals surface area (Å²) in [4.78, 5) is 4.44. The van der Waals surface area contributed by atoms with E-state index in [1.807, 2.05) is 41.2 Å². The minimum atomic E-state index is -0.00112. The van der Waals surface area contributed by atoms with Gasteiger partial charge in [-0.15, -0.1) is 24.0 Å². The molecule has 0 aliphatic heterocycles. The van der Waals surface area contributed by atoms with Crippen LogP contribution in [0.1, 0.15) is 31.4 Å². The number of aliphatic imine (C=N–C) groups is 1. The summed E-state index contributed by atoms with van der Waals surface area (Å²) in [7, 11) is 0. The van der Waals surface area contributed by atoms with Crippen molar-refractivity contribution in [3.05, 3.63) is 53.3 Å². The molecule has 1 atom stereocenters. The molecule has 0 amide bonds. The Kier molecular flexibility index (Phi) is 9.01. The normalized spacial score (nSPS) is 12.5. The second kappa shape index (κ2) is 10.5. The van der Waals surface area contributed by atoms with Crippen molar-refractivity contribution in [3.63, 3.8) is 0 Å². The molecular formula is C16H23ClIN5. The zero-order chi connectivity index (χ0) is 15.8. The van der Waals surface area contributed by atoms with Gasteiger partial charge in [0.2, 0.25) is 0 Å². The van der Waals surface area contributed by atoms with Gasteiger partial charge in [-0.1, -0.05) is 37.1 Å². The van der Waals surface area contributed by atoms with Gasteiger partial charge in [0, 0.05) is 24.0 Å². The zero-order valence-corrected chi connectivity index (χ0v) is 16.2. The SMILES string of the molecule is CCCCNC(N)=NCC(c1ccc(Cl)cc1)n1cccn1.I. The van der Waals surface area contributed by atoms with E-state index < -0.39 is 0 Å². The Morgan fingerprint density at radius 1 is 1.39 bits per heavy atom. The Labute approximate surface area is 159 Å². The lowest BCUT2D eigenvalue weighted by molar-refractivity contribution is 0.531. The molecule has 0 fully saturated rings. The number of nitrogens with one attached hydrogen (secondary N) is 1. The van der Waals surface area contributed by atoms with E-state index in [-0.39, 0.29) is 30.0 Å². The molecule has 3 N–H and O–H groups in total. The van der Waals surface area contributed by atoms with Crippen molar-refractivity contribution in [1.82, 2.24) is 15.1 Å².